The van der Waals surface area contributed by atoms with Gasteiger partial charge < -0.3 is 0 Å². The third-order valence-electron chi connectivity index (χ3n) is 2.47. The van der Waals surface area contributed by atoms with Crippen LogP contribution in [0.25, 0.3) is 0 Å². The van der Waals surface area contributed by atoms with E-state index in [1.54, 1.807) is 0 Å². The Bertz CT molecular complexity index is 129. The van der Waals surface area contributed by atoms with Crippen LogP contribution in [0.15, 0.2) is 0 Å². The molecule has 11 heavy (non-hydrogen) atoms. The summed E-state index contributed by atoms with van der Waals surface area (Å²) in [4.78, 5) is 2.21. The molecule has 0 aromatic rings. The number of hydrogen-bond donors (Lipinski definition) is 0. The molecular weight excluding hydrogens is 141 g/mol. The number of alkyl halides is 1. The largest absolute Gasteiger partial charge is 0.295 e. The monoisotopic (exact) mass is 159 g/mol. The topological polar surface area (TPSA) is 3.24 Å². The minimum atomic E-state index is -0.616. The summed E-state index contributed by atoms with van der Waals surface area (Å²) in [6.45, 7) is 9.92. The van der Waals surface area contributed by atoms with Crippen molar-refractivity contribution >= 4 is 0 Å². The normalized spacial score (nSPS) is 34.6. The van der Waals surface area contributed by atoms with E-state index in [0.29, 0.717) is 6.54 Å². The van der Waals surface area contributed by atoms with Crippen molar-refractivity contribution < 1.29 is 4.39 Å². The van der Waals surface area contributed by atoms with Gasteiger partial charge >= 0.3 is 0 Å². The second-order valence-electron chi connectivity index (χ2n) is 4.57. The number of halogens is 1. The fourth-order valence-electron chi connectivity index (χ4n) is 1.47. The zero-order chi connectivity index (χ0) is 8.65. The molecule has 1 aliphatic rings. The molecule has 1 heterocycles. The molecule has 0 N–H and O–H groups in total. The number of rotatable bonds is 0. The Kier molecular flexibility index (Phi) is 2.24. The Morgan fingerprint density at radius 2 is 1.82 bits per heavy atom. The summed E-state index contributed by atoms with van der Waals surface area (Å²) in [6, 6.07) is 0. The summed E-state index contributed by atoms with van der Waals surface area (Å²) in [7, 11) is 0. The highest BCUT2D eigenvalue weighted by molar-refractivity contribution is 4.88. The molecule has 0 aliphatic carbocycles. The molecule has 0 amide bonds. The van der Waals surface area contributed by atoms with Gasteiger partial charge in [-0.15, -0.1) is 0 Å². The maximum absolute atomic E-state index is 13.1. The summed E-state index contributed by atoms with van der Waals surface area (Å²) in [5.74, 6) is 0.217. The summed E-state index contributed by atoms with van der Waals surface area (Å²) in [5.41, 5.74) is 0.134. The van der Waals surface area contributed by atoms with Gasteiger partial charge in [0.2, 0.25) is 0 Å². The molecule has 0 bridgehead atoms. The molecular formula is C9H18FN. The van der Waals surface area contributed by atoms with Crippen molar-refractivity contribution in [3.05, 3.63) is 0 Å². The second kappa shape index (κ2) is 2.74. The minimum absolute atomic E-state index is 0.134. The van der Waals surface area contributed by atoms with E-state index in [-0.39, 0.29) is 11.5 Å². The van der Waals surface area contributed by atoms with E-state index in [9.17, 15) is 4.39 Å². The molecule has 0 saturated carbocycles. The second-order valence-corrected chi connectivity index (χ2v) is 4.57. The van der Waals surface area contributed by atoms with E-state index in [4.69, 9.17) is 0 Å². The van der Waals surface area contributed by atoms with Crippen LogP contribution in [0.4, 0.5) is 4.39 Å². The van der Waals surface area contributed by atoms with Crippen LogP contribution >= 0.6 is 0 Å². The Labute approximate surface area is 68.6 Å². The molecule has 0 radical (unpaired) electrons. The summed E-state index contributed by atoms with van der Waals surface area (Å²) >= 11 is 0. The van der Waals surface area contributed by atoms with Gasteiger partial charge in [-0.2, -0.15) is 0 Å². The van der Waals surface area contributed by atoms with E-state index in [2.05, 4.69) is 25.7 Å². The van der Waals surface area contributed by atoms with Crippen LogP contribution in [-0.2, 0) is 0 Å². The maximum Gasteiger partial charge on any atom is 0.117 e. The minimum Gasteiger partial charge on any atom is -0.295 e. The van der Waals surface area contributed by atoms with Crippen molar-refractivity contribution in [3.63, 3.8) is 0 Å². The van der Waals surface area contributed by atoms with Gasteiger partial charge in [0.25, 0.3) is 0 Å². The quantitative estimate of drug-likeness (QED) is 0.523. The fourth-order valence-corrected chi connectivity index (χ4v) is 1.47. The van der Waals surface area contributed by atoms with E-state index in [1.165, 1.54) is 0 Å². The molecule has 2 atom stereocenters. The predicted molar refractivity (Wildman–Crippen MR) is 45.4 cm³/mol. The smallest absolute Gasteiger partial charge is 0.117 e. The van der Waals surface area contributed by atoms with Crippen molar-refractivity contribution in [2.75, 3.05) is 13.1 Å². The zero-order valence-electron chi connectivity index (χ0n) is 7.89. The van der Waals surface area contributed by atoms with Crippen LogP contribution in [0.3, 0.4) is 0 Å². The number of hydrogen-bond acceptors (Lipinski definition) is 1. The molecule has 1 fully saturated rings. The van der Waals surface area contributed by atoms with Gasteiger partial charge in [0.1, 0.15) is 6.17 Å². The Morgan fingerprint density at radius 1 is 1.27 bits per heavy atom. The van der Waals surface area contributed by atoms with Crippen LogP contribution in [0.2, 0.25) is 0 Å². The first-order valence-corrected chi connectivity index (χ1v) is 4.30. The van der Waals surface area contributed by atoms with Crippen molar-refractivity contribution in [1.82, 2.24) is 4.90 Å². The van der Waals surface area contributed by atoms with Gasteiger partial charge in [-0.05, 0) is 20.8 Å². The molecule has 1 rings (SSSR count). The van der Waals surface area contributed by atoms with E-state index in [0.717, 1.165) is 6.54 Å². The lowest BCUT2D eigenvalue weighted by molar-refractivity contribution is 0.160. The third-order valence-corrected chi connectivity index (χ3v) is 2.47. The molecule has 0 unspecified atom stereocenters. The highest BCUT2D eigenvalue weighted by atomic mass is 19.1. The SMILES string of the molecule is C[C@@H]1CN(C(C)(C)C)C[C@H]1F. The Morgan fingerprint density at radius 3 is 2.00 bits per heavy atom. The average Bonchev–Trinajstić information content (AvgIpc) is 2.11. The molecule has 1 nitrogen and oxygen atoms in total. The van der Waals surface area contributed by atoms with Crippen molar-refractivity contribution in [2.45, 2.75) is 39.4 Å². The van der Waals surface area contributed by atoms with E-state index in [1.807, 2.05) is 6.92 Å². The van der Waals surface area contributed by atoms with Gasteiger partial charge in [0, 0.05) is 24.5 Å². The first kappa shape index (κ1) is 8.98. The van der Waals surface area contributed by atoms with Crippen molar-refractivity contribution in [2.24, 2.45) is 5.92 Å². The van der Waals surface area contributed by atoms with Gasteiger partial charge in [-0.3, -0.25) is 4.90 Å². The molecule has 66 valence electrons. The van der Waals surface area contributed by atoms with Gasteiger partial charge in [0.15, 0.2) is 0 Å². The molecule has 2 heteroatoms. The molecule has 0 aromatic carbocycles. The zero-order valence-corrected chi connectivity index (χ0v) is 7.89. The lowest BCUT2D eigenvalue weighted by atomic mass is 10.1. The fraction of sp³-hybridized carbons (Fsp3) is 1.00. The highest BCUT2D eigenvalue weighted by Gasteiger charge is 2.34. The molecule has 1 aliphatic heterocycles. The maximum atomic E-state index is 13.1. The lowest BCUT2D eigenvalue weighted by Crippen LogP contribution is -2.39. The van der Waals surface area contributed by atoms with Gasteiger partial charge in [0.05, 0.1) is 0 Å². The Hall–Kier alpha value is -0.110. The third kappa shape index (κ3) is 1.92. The summed E-state index contributed by atoms with van der Waals surface area (Å²) in [5, 5.41) is 0. The molecule has 0 aromatic heterocycles. The Balaban J connectivity index is 2.54. The number of likely N-dealkylation sites (tertiary alicyclic amines) is 1. The summed E-state index contributed by atoms with van der Waals surface area (Å²) in [6.07, 6.45) is -0.616. The molecule has 1 saturated heterocycles. The van der Waals surface area contributed by atoms with Crippen LogP contribution in [-0.4, -0.2) is 29.7 Å². The van der Waals surface area contributed by atoms with E-state index >= 15 is 0 Å². The van der Waals surface area contributed by atoms with Crippen molar-refractivity contribution in [1.29, 1.82) is 0 Å². The highest BCUT2D eigenvalue weighted by Crippen LogP contribution is 2.25. The lowest BCUT2D eigenvalue weighted by Gasteiger charge is -2.31. The van der Waals surface area contributed by atoms with Crippen LogP contribution < -0.4 is 0 Å². The van der Waals surface area contributed by atoms with E-state index < -0.39 is 6.17 Å². The van der Waals surface area contributed by atoms with Gasteiger partial charge in [-0.25, -0.2) is 4.39 Å². The van der Waals surface area contributed by atoms with Crippen LogP contribution in [0.1, 0.15) is 27.7 Å². The predicted octanol–water partition coefficient (Wildman–Crippen LogP) is 2.07. The first-order chi connectivity index (χ1) is 4.91. The van der Waals surface area contributed by atoms with Crippen LogP contribution in [0, 0.1) is 5.92 Å². The standard InChI is InChI=1S/C9H18FN/c1-7-5-11(6-8(7)10)9(2,3)4/h7-8H,5-6H2,1-4H3/t7-,8-/m1/s1. The first-order valence-electron chi connectivity index (χ1n) is 4.30. The molecule has 0 spiro atoms. The number of nitrogens with zero attached hydrogens (tertiary/aromatic N) is 1. The van der Waals surface area contributed by atoms with Gasteiger partial charge in [-0.1, -0.05) is 6.92 Å². The van der Waals surface area contributed by atoms with Crippen molar-refractivity contribution in [3.8, 4) is 0 Å². The average molecular weight is 159 g/mol. The summed E-state index contributed by atoms with van der Waals surface area (Å²) < 4.78 is 13.1. The van der Waals surface area contributed by atoms with Crippen LogP contribution in [0.5, 0.6) is 0 Å².